The Kier molecular flexibility index (Phi) is 4.81. The number of carbonyl (C=O) groups excluding carboxylic acids is 2. The molecular weight excluding hydrogens is 394 g/mol. The summed E-state index contributed by atoms with van der Waals surface area (Å²) in [5, 5.41) is 0.485. The molecule has 5 rings (SSSR count). The highest BCUT2D eigenvalue weighted by molar-refractivity contribution is 5.95. The topological polar surface area (TPSA) is 81.5 Å². The molecule has 0 saturated heterocycles. The molecule has 3 heterocycles. The monoisotopic (exact) mass is 417 g/mol. The molecule has 0 spiro atoms. The first kappa shape index (κ1) is 19.5. The SMILES string of the molecule is C[C@@H](OC(=O)c1ccc2c(=O)n3c(nc2c1)CCC3)C(=O)N1CCc2ccccc2C1. The molecule has 0 fully saturated rings. The minimum Gasteiger partial charge on any atom is -0.449 e. The average molecular weight is 417 g/mol. The molecule has 1 atom stereocenters. The number of ether oxygens (including phenoxy) is 1. The highest BCUT2D eigenvalue weighted by atomic mass is 16.5. The second-order valence-corrected chi connectivity index (χ2v) is 8.15. The molecule has 2 aliphatic heterocycles. The minimum absolute atomic E-state index is 0.0775. The van der Waals surface area contributed by atoms with Crippen molar-refractivity contribution in [3.8, 4) is 0 Å². The second kappa shape index (κ2) is 7.65. The summed E-state index contributed by atoms with van der Waals surface area (Å²) in [6.07, 6.45) is 1.55. The van der Waals surface area contributed by atoms with Gasteiger partial charge in [0.2, 0.25) is 0 Å². The molecule has 0 aliphatic carbocycles. The molecule has 3 aromatic rings. The van der Waals surface area contributed by atoms with E-state index < -0.39 is 12.1 Å². The van der Waals surface area contributed by atoms with Gasteiger partial charge in [-0.15, -0.1) is 0 Å². The number of carbonyl (C=O) groups is 2. The maximum absolute atomic E-state index is 12.9. The van der Waals surface area contributed by atoms with Crippen LogP contribution in [0.4, 0.5) is 0 Å². The fourth-order valence-electron chi connectivity index (χ4n) is 4.43. The van der Waals surface area contributed by atoms with Crippen molar-refractivity contribution in [2.24, 2.45) is 0 Å². The zero-order chi connectivity index (χ0) is 21.5. The molecule has 1 amide bonds. The van der Waals surface area contributed by atoms with Crippen LogP contribution in [-0.4, -0.2) is 39.0 Å². The number of esters is 1. The maximum atomic E-state index is 12.9. The van der Waals surface area contributed by atoms with Crippen LogP contribution in [0.3, 0.4) is 0 Å². The summed E-state index contributed by atoms with van der Waals surface area (Å²) in [5.41, 5.74) is 3.07. The molecular formula is C24H23N3O4. The number of nitrogens with zero attached hydrogens (tertiary/aromatic N) is 3. The highest BCUT2D eigenvalue weighted by Gasteiger charge is 2.27. The van der Waals surface area contributed by atoms with Gasteiger partial charge in [0.05, 0.1) is 16.5 Å². The van der Waals surface area contributed by atoms with E-state index >= 15 is 0 Å². The van der Waals surface area contributed by atoms with Crippen LogP contribution < -0.4 is 5.56 Å². The van der Waals surface area contributed by atoms with Crippen LogP contribution in [0.15, 0.2) is 47.3 Å². The zero-order valence-electron chi connectivity index (χ0n) is 17.3. The summed E-state index contributed by atoms with van der Waals surface area (Å²) in [4.78, 5) is 44.4. The molecule has 7 heteroatoms. The molecule has 31 heavy (non-hydrogen) atoms. The van der Waals surface area contributed by atoms with Crippen molar-refractivity contribution in [3.05, 3.63) is 75.3 Å². The number of hydrogen-bond acceptors (Lipinski definition) is 5. The molecule has 0 unspecified atom stereocenters. The highest BCUT2D eigenvalue weighted by Crippen LogP contribution is 2.20. The smallest absolute Gasteiger partial charge is 0.338 e. The van der Waals surface area contributed by atoms with Crippen molar-refractivity contribution in [1.82, 2.24) is 14.5 Å². The standard InChI is InChI=1S/C24H23N3O4/c1-15(22(28)26-12-10-16-5-2-3-6-18(16)14-26)31-24(30)17-8-9-19-20(13-17)25-21-7-4-11-27(21)23(19)29/h2-3,5-6,8-9,13,15H,4,7,10-12,14H2,1H3/t15-/m1/s1. The first-order valence-corrected chi connectivity index (χ1v) is 10.6. The van der Waals surface area contributed by atoms with Gasteiger partial charge in [0.1, 0.15) is 5.82 Å². The van der Waals surface area contributed by atoms with E-state index in [1.807, 2.05) is 18.2 Å². The maximum Gasteiger partial charge on any atom is 0.338 e. The van der Waals surface area contributed by atoms with Gasteiger partial charge in [-0.05, 0) is 49.1 Å². The van der Waals surface area contributed by atoms with Crippen molar-refractivity contribution in [3.63, 3.8) is 0 Å². The van der Waals surface area contributed by atoms with Crippen molar-refractivity contribution in [2.45, 2.75) is 45.4 Å². The van der Waals surface area contributed by atoms with Gasteiger partial charge in [0.15, 0.2) is 6.10 Å². The fourth-order valence-corrected chi connectivity index (χ4v) is 4.43. The number of hydrogen-bond donors (Lipinski definition) is 0. The molecule has 158 valence electrons. The van der Waals surface area contributed by atoms with Crippen LogP contribution in [-0.2, 0) is 35.5 Å². The number of aryl methyl sites for hydroxylation is 1. The lowest BCUT2D eigenvalue weighted by Crippen LogP contribution is -2.42. The first-order valence-electron chi connectivity index (χ1n) is 10.6. The lowest BCUT2D eigenvalue weighted by Gasteiger charge is -2.30. The van der Waals surface area contributed by atoms with Crippen LogP contribution >= 0.6 is 0 Å². The van der Waals surface area contributed by atoms with E-state index in [0.717, 1.165) is 30.7 Å². The third-order valence-corrected chi connectivity index (χ3v) is 6.13. The zero-order valence-corrected chi connectivity index (χ0v) is 17.3. The molecule has 0 bridgehead atoms. The van der Waals surface area contributed by atoms with Crippen molar-refractivity contribution >= 4 is 22.8 Å². The van der Waals surface area contributed by atoms with E-state index in [-0.39, 0.29) is 17.0 Å². The Morgan fingerprint density at radius 3 is 2.71 bits per heavy atom. The molecule has 0 saturated carbocycles. The number of fused-ring (bicyclic) bond motifs is 3. The number of amides is 1. The molecule has 2 aliphatic rings. The molecule has 2 aromatic carbocycles. The van der Waals surface area contributed by atoms with E-state index in [2.05, 4.69) is 11.1 Å². The van der Waals surface area contributed by atoms with E-state index in [1.165, 1.54) is 5.56 Å². The van der Waals surface area contributed by atoms with Gasteiger partial charge in [-0.1, -0.05) is 24.3 Å². The summed E-state index contributed by atoms with van der Waals surface area (Å²) in [6.45, 7) is 3.40. The molecule has 7 nitrogen and oxygen atoms in total. The summed E-state index contributed by atoms with van der Waals surface area (Å²) in [7, 11) is 0. The van der Waals surface area contributed by atoms with Crippen LogP contribution in [0.2, 0.25) is 0 Å². The van der Waals surface area contributed by atoms with Gasteiger partial charge in [-0.25, -0.2) is 9.78 Å². The van der Waals surface area contributed by atoms with Gasteiger partial charge in [0, 0.05) is 26.1 Å². The van der Waals surface area contributed by atoms with Crippen LogP contribution in [0, 0.1) is 0 Å². The second-order valence-electron chi connectivity index (χ2n) is 8.15. The van der Waals surface area contributed by atoms with Crippen LogP contribution in [0.5, 0.6) is 0 Å². The number of benzene rings is 2. The fraction of sp³-hybridized carbons (Fsp3) is 0.333. The molecule has 1 aromatic heterocycles. The van der Waals surface area contributed by atoms with Gasteiger partial charge < -0.3 is 9.64 Å². The first-order chi connectivity index (χ1) is 15.0. The molecule has 0 radical (unpaired) electrons. The van der Waals surface area contributed by atoms with Crippen LogP contribution in [0.25, 0.3) is 10.9 Å². The predicted octanol–water partition coefficient (Wildman–Crippen LogP) is 2.47. The largest absolute Gasteiger partial charge is 0.449 e. The van der Waals surface area contributed by atoms with Gasteiger partial charge in [-0.2, -0.15) is 0 Å². The lowest BCUT2D eigenvalue weighted by atomic mass is 9.99. The van der Waals surface area contributed by atoms with Gasteiger partial charge in [0.25, 0.3) is 11.5 Å². The number of aromatic nitrogens is 2. The van der Waals surface area contributed by atoms with E-state index in [0.29, 0.717) is 30.5 Å². The quantitative estimate of drug-likeness (QED) is 0.612. The van der Waals surface area contributed by atoms with Crippen molar-refractivity contribution < 1.29 is 14.3 Å². The Labute approximate surface area is 179 Å². The van der Waals surface area contributed by atoms with Crippen molar-refractivity contribution in [2.75, 3.05) is 6.54 Å². The number of rotatable bonds is 3. The lowest BCUT2D eigenvalue weighted by molar-refractivity contribution is -0.140. The summed E-state index contributed by atoms with van der Waals surface area (Å²) in [6, 6.07) is 12.8. The van der Waals surface area contributed by atoms with E-state index in [9.17, 15) is 14.4 Å². The summed E-state index contributed by atoms with van der Waals surface area (Å²) < 4.78 is 7.16. The third kappa shape index (κ3) is 3.50. The van der Waals surface area contributed by atoms with E-state index in [1.54, 1.807) is 34.6 Å². The predicted molar refractivity (Wildman–Crippen MR) is 115 cm³/mol. The Morgan fingerprint density at radius 2 is 1.87 bits per heavy atom. The van der Waals surface area contributed by atoms with Gasteiger partial charge >= 0.3 is 5.97 Å². The summed E-state index contributed by atoms with van der Waals surface area (Å²) in [5.74, 6) is -0.0580. The summed E-state index contributed by atoms with van der Waals surface area (Å²) >= 11 is 0. The van der Waals surface area contributed by atoms with E-state index in [4.69, 9.17) is 4.74 Å². The van der Waals surface area contributed by atoms with Gasteiger partial charge in [-0.3, -0.25) is 14.2 Å². The Bertz CT molecular complexity index is 1260. The van der Waals surface area contributed by atoms with Crippen molar-refractivity contribution in [1.29, 1.82) is 0 Å². The average Bonchev–Trinajstić information content (AvgIpc) is 3.26. The molecule has 0 N–H and O–H groups in total. The van der Waals surface area contributed by atoms with Crippen LogP contribution in [0.1, 0.15) is 40.7 Å². The minimum atomic E-state index is -0.896. The Balaban J connectivity index is 1.32. The Hall–Kier alpha value is -3.48. The third-order valence-electron chi connectivity index (χ3n) is 6.13. The Morgan fingerprint density at radius 1 is 1.06 bits per heavy atom. The normalized spacial score (nSPS) is 16.0.